The van der Waals surface area contributed by atoms with Gasteiger partial charge in [0.15, 0.2) is 6.54 Å². The van der Waals surface area contributed by atoms with Crippen LogP contribution in [-0.4, -0.2) is 44.7 Å². The molecule has 2 aliphatic rings. The van der Waals surface area contributed by atoms with E-state index in [2.05, 4.69) is 5.32 Å². The molecule has 0 atom stereocenters. The van der Waals surface area contributed by atoms with E-state index >= 15 is 0 Å². The monoisotopic (exact) mass is 385 g/mol. The first kappa shape index (κ1) is 20.1. The number of piperazine rings is 1. The van der Waals surface area contributed by atoms with E-state index in [9.17, 15) is 18.0 Å². The second-order valence-electron chi connectivity index (χ2n) is 7.95. The number of carbonyl (C=O) groups excluding carboxylic acids is 1. The Morgan fingerprint density at radius 2 is 1.70 bits per heavy atom. The summed E-state index contributed by atoms with van der Waals surface area (Å²) >= 11 is 0. The number of nitrogens with one attached hydrogen (secondary N) is 3. The Hall–Kier alpha value is -1.60. The van der Waals surface area contributed by atoms with Gasteiger partial charge in [0.05, 0.1) is 5.56 Å². The van der Waals surface area contributed by atoms with Crippen molar-refractivity contribution < 1.29 is 27.8 Å². The Morgan fingerprint density at radius 1 is 1.04 bits per heavy atom. The second-order valence-corrected chi connectivity index (χ2v) is 7.95. The highest BCUT2D eigenvalue weighted by Crippen LogP contribution is 2.29. The summed E-state index contributed by atoms with van der Waals surface area (Å²) in [6, 6.07) is 5.96. The normalized spacial score (nSPS) is 24.6. The molecule has 1 amide bonds. The van der Waals surface area contributed by atoms with E-state index in [1.54, 1.807) is 6.07 Å². The van der Waals surface area contributed by atoms with Gasteiger partial charge in [-0.05, 0) is 25.0 Å². The summed E-state index contributed by atoms with van der Waals surface area (Å²) in [6.45, 7) is 4.63. The number of hydrogen-bond acceptors (Lipinski definition) is 1. The molecule has 1 aromatic rings. The maximum Gasteiger partial charge on any atom is 0.416 e. The van der Waals surface area contributed by atoms with Gasteiger partial charge in [0, 0.05) is 11.6 Å². The lowest BCUT2D eigenvalue weighted by Crippen LogP contribution is -3.28. The average Bonchev–Trinajstić information content (AvgIpc) is 2.64. The molecule has 3 rings (SSSR count). The van der Waals surface area contributed by atoms with Crippen molar-refractivity contribution in [2.75, 3.05) is 32.7 Å². The van der Waals surface area contributed by atoms with Crippen LogP contribution >= 0.6 is 0 Å². The van der Waals surface area contributed by atoms with Gasteiger partial charge in [0.1, 0.15) is 32.7 Å². The van der Waals surface area contributed by atoms with Crippen LogP contribution in [0, 0.1) is 0 Å². The second kappa shape index (κ2) is 9.06. The highest BCUT2D eigenvalue weighted by molar-refractivity contribution is 5.77. The van der Waals surface area contributed by atoms with Crippen LogP contribution in [0.25, 0.3) is 0 Å². The van der Waals surface area contributed by atoms with Crippen LogP contribution < -0.4 is 15.1 Å². The molecule has 150 valence electrons. The van der Waals surface area contributed by atoms with Gasteiger partial charge >= 0.3 is 6.18 Å². The third-order valence-electron chi connectivity index (χ3n) is 5.75. The minimum absolute atomic E-state index is 0.137. The van der Waals surface area contributed by atoms with Crippen molar-refractivity contribution in [3.05, 3.63) is 35.4 Å². The first-order valence-corrected chi connectivity index (χ1v) is 10.0. The molecule has 0 unspecified atom stereocenters. The lowest BCUT2D eigenvalue weighted by atomic mass is 9.95. The Labute approximate surface area is 158 Å². The molecule has 0 aromatic heterocycles. The minimum atomic E-state index is -4.29. The van der Waals surface area contributed by atoms with Crippen LogP contribution in [0.15, 0.2) is 24.3 Å². The van der Waals surface area contributed by atoms with Crippen LogP contribution in [0.4, 0.5) is 13.2 Å². The molecule has 4 nitrogen and oxygen atoms in total. The number of rotatable bonds is 5. The van der Waals surface area contributed by atoms with Crippen LogP contribution in [-0.2, 0) is 17.5 Å². The van der Waals surface area contributed by atoms with Crippen molar-refractivity contribution >= 4 is 5.91 Å². The first-order valence-electron chi connectivity index (χ1n) is 10.0. The fourth-order valence-corrected chi connectivity index (χ4v) is 4.21. The molecular formula is C20H30F3N3O+2. The SMILES string of the molecule is O=C(C[NH+]1CC[NH+](Cc2cccc(C(F)(F)F)c2)CC1)NC1CCCCC1. The minimum Gasteiger partial charge on any atom is -0.348 e. The Morgan fingerprint density at radius 3 is 2.37 bits per heavy atom. The highest BCUT2D eigenvalue weighted by atomic mass is 19.4. The van der Waals surface area contributed by atoms with E-state index < -0.39 is 11.7 Å². The quantitative estimate of drug-likeness (QED) is 0.676. The molecule has 0 radical (unpaired) electrons. The van der Waals surface area contributed by atoms with Gasteiger partial charge in [-0.25, -0.2) is 0 Å². The van der Waals surface area contributed by atoms with E-state index in [-0.39, 0.29) is 5.91 Å². The lowest BCUT2D eigenvalue weighted by molar-refractivity contribution is -1.02. The Balaban J connectivity index is 1.42. The molecule has 27 heavy (non-hydrogen) atoms. The largest absolute Gasteiger partial charge is 0.416 e. The zero-order valence-electron chi connectivity index (χ0n) is 15.7. The molecular weight excluding hydrogens is 355 g/mol. The van der Waals surface area contributed by atoms with E-state index in [4.69, 9.17) is 0 Å². The van der Waals surface area contributed by atoms with Crippen molar-refractivity contribution in [1.29, 1.82) is 0 Å². The summed E-state index contributed by atoms with van der Waals surface area (Å²) in [4.78, 5) is 14.8. The van der Waals surface area contributed by atoms with Gasteiger partial charge in [0.2, 0.25) is 0 Å². The molecule has 1 aromatic carbocycles. The summed E-state index contributed by atoms with van der Waals surface area (Å²) in [5, 5.41) is 3.16. The van der Waals surface area contributed by atoms with Gasteiger partial charge in [0.25, 0.3) is 5.91 Å². The number of alkyl halides is 3. The number of benzene rings is 1. The van der Waals surface area contributed by atoms with Gasteiger partial charge in [-0.1, -0.05) is 31.4 Å². The average molecular weight is 385 g/mol. The highest BCUT2D eigenvalue weighted by Gasteiger charge is 2.31. The summed E-state index contributed by atoms with van der Waals surface area (Å²) in [7, 11) is 0. The van der Waals surface area contributed by atoms with Crippen molar-refractivity contribution in [3.8, 4) is 0 Å². The third-order valence-corrected chi connectivity index (χ3v) is 5.75. The third kappa shape index (κ3) is 6.21. The molecule has 3 N–H and O–H groups in total. The molecule has 1 aliphatic carbocycles. The standard InChI is InChI=1S/C20H28F3N3O/c21-20(22,23)17-6-4-5-16(13-17)14-25-9-11-26(12-10-25)15-19(27)24-18-7-2-1-3-8-18/h4-6,13,18H,1-3,7-12,14-15H2,(H,24,27)/p+2. The summed E-state index contributed by atoms with van der Waals surface area (Å²) in [5.74, 6) is 0.137. The molecule has 1 saturated heterocycles. The molecule has 1 saturated carbocycles. The van der Waals surface area contributed by atoms with Crippen molar-refractivity contribution in [2.24, 2.45) is 0 Å². The topological polar surface area (TPSA) is 38.0 Å². The summed E-state index contributed by atoms with van der Waals surface area (Å²) < 4.78 is 38.5. The van der Waals surface area contributed by atoms with Crippen LogP contribution in [0.1, 0.15) is 43.2 Å². The van der Waals surface area contributed by atoms with Gasteiger partial charge in [-0.3, -0.25) is 4.79 Å². The molecule has 0 spiro atoms. The maximum absolute atomic E-state index is 12.8. The number of amides is 1. The number of halogens is 3. The fraction of sp³-hybridized carbons (Fsp3) is 0.650. The molecule has 2 fully saturated rings. The number of carbonyl (C=O) groups is 1. The Kier molecular flexibility index (Phi) is 6.76. The predicted octanol–water partition coefficient (Wildman–Crippen LogP) is 0.438. The zero-order valence-corrected chi connectivity index (χ0v) is 15.7. The Bertz CT molecular complexity index is 621. The maximum atomic E-state index is 12.8. The number of hydrogen-bond donors (Lipinski definition) is 3. The lowest BCUT2D eigenvalue weighted by Gasteiger charge is -2.30. The summed E-state index contributed by atoms with van der Waals surface area (Å²) in [5.41, 5.74) is 0.140. The van der Waals surface area contributed by atoms with Gasteiger partial charge < -0.3 is 15.1 Å². The van der Waals surface area contributed by atoms with Crippen molar-refractivity contribution in [3.63, 3.8) is 0 Å². The van der Waals surface area contributed by atoms with Crippen LogP contribution in [0.3, 0.4) is 0 Å². The van der Waals surface area contributed by atoms with Gasteiger partial charge in [-0.15, -0.1) is 0 Å². The van der Waals surface area contributed by atoms with E-state index in [0.717, 1.165) is 50.7 Å². The van der Waals surface area contributed by atoms with E-state index in [0.29, 0.717) is 19.1 Å². The summed E-state index contributed by atoms with van der Waals surface area (Å²) in [6.07, 6.45) is 1.57. The first-order chi connectivity index (χ1) is 12.9. The van der Waals surface area contributed by atoms with Crippen LogP contribution in [0.2, 0.25) is 0 Å². The van der Waals surface area contributed by atoms with Crippen molar-refractivity contribution in [2.45, 2.75) is 50.9 Å². The molecule has 7 heteroatoms. The van der Waals surface area contributed by atoms with Gasteiger partial charge in [-0.2, -0.15) is 13.2 Å². The van der Waals surface area contributed by atoms with Crippen molar-refractivity contribution in [1.82, 2.24) is 5.32 Å². The smallest absolute Gasteiger partial charge is 0.348 e. The molecule has 1 aliphatic heterocycles. The van der Waals surface area contributed by atoms with E-state index in [1.807, 2.05) is 0 Å². The fourth-order valence-electron chi connectivity index (χ4n) is 4.21. The zero-order chi connectivity index (χ0) is 19.3. The predicted molar refractivity (Wildman–Crippen MR) is 96.4 cm³/mol. The number of quaternary nitrogens is 2. The van der Waals surface area contributed by atoms with E-state index in [1.165, 1.54) is 41.2 Å². The van der Waals surface area contributed by atoms with Crippen LogP contribution in [0.5, 0.6) is 0 Å². The molecule has 1 heterocycles. The molecule has 0 bridgehead atoms.